The topological polar surface area (TPSA) is 134 Å². The first kappa shape index (κ1) is 15.4. The van der Waals surface area contributed by atoms with Gasteiger partial charge >= 0.3 is 0 Å². The van der Waals surface area contributed by atoms with Gasteiger partial charge in [0, 0.05) is 0 Å². The molecule has 9 heteroatoms. The molecular weight excluding hydrogens is 284 g/mol. The van der Waals surface area contributed by atoms with Crippen molar-refractivity contribution >= 4 is 11.4 Å². The third-order valence-corrected chi connectivity index (χ3v) is 3.24. The van der Waals surface area contributed by atoms with Crippen LogP contribution in [0.15, 0.2) is 18.2 Å². The SMILES string of the molecule is COc1ccc(N[C@@H]2O[C@@H](CO)[C@@H](O)[C@@H]2O)c([N+](=O)[O-])c1. The summed E-state index contributed by atoms with van der Waals surface area (Å²) in [7, 11) is 1.39. The monoisotopic (exact) mass is 300 g/mol. The van der Waals surface area contributed by atoms with Crippen molar-refractivity contribution in [2.24, 2.45) is 0 Å². The molecule has 0 amide bonds. The molecule has 0 saturated carbocycles. The lowest BCUT2D eigenvalue weighted by Crippen LogP contribution is -2.36. The van der Waals surface area contributed by atoms with Gasteiger partial charge < -0.3 is 30.1 Å². The summed E-state index contributed by atoms with van der Waals surface area (Å²) in [6, 6.07) is 4.14. The van der Waals surface area contributed by atoms with E-state index in [1.54, 1.807) is 0 Å². The standard InChI is InChI=1S/C12H16N2O7/c1-20-6-2-3-7(8(4-6)14(18)19)13-12-11(17)10(16)9(5-15)21-12/h2-4,9-13,15-17H,5H2,1H3/t9-,10+,11-,12+/m0/s1. The van der Waals surface area contributed by atoms with Crippen LogP contribution in [0.1, 0.15) is 0 Å². The van der Waals surface area contributed by atoms with Crippen LogP contribution in [-0.2, 0) is 4.74 Å². The molecule has 0 aromatic heterocycles. The number of rotatable bonds is 5. The average Bonchev–Trinajstić information content (AvgIpc) is 2.75. The largest absolute Gasteiger partial charge is 0.496 e. The van der Waals surface area contributed by atoms with E-state index < -0.39 is 36.1 Å². The van der Waals surface area contributed by atoms with Crippen LogP contribution in [0.25, 0.3) is 0 Å². The van der Waals surface area contributed by atoms with E-state index in [1.165, 1.54) is 25.3 Å². The van der Waals surface area contributed by atoms with E-state index in [4.69, 9.17) is 14.6 Å². The number of aliphatic hydroxyl groups excluding tert-OH is 3. The Bertz CT molecular complexity index is 524. The third-order valence-electron chi connectivity index (χ3n) is 3.24. The Labute approximate surface area is 119 Å². The van der Waals surface area contributed by atoms with E-state index in [2.05, 4.69) is 5.32 Å². The third kappa shape index (κ3) is 3.05. The highest BCUT2D eigenvalue weighted by molar-refractivity contribution is 5.64. The van der Waals surface area contributed by atoms with E-state index in [-0.39, 0.29) is 11.4 Å². The fourth-order valence-electron chi connectivity index (χ4n) is 2.08. The molecule has 1 fully saturated rings. The second-order valence-electron chi connectivity index (χ2n) is 4.54. The van der Waals surface area contributed by atoms with Gasteiger partial charge in [0.05, 0.1) is 24.7 Å². The average molecular weight is 300 g/mol. The highest BCUT2D eigenvalue weighted by atomic mass is 16.6. The van der Waals surface area contributed by atoms with Gasteiger partial charge in [0.15, 0.2) is 6.23 Å². The maximum atomic E-state index is 11.0. The van der Waals surface area contributed by atoms with Crippen LogP contribution in [-0.4, -0.2) is 58.5 Å². The number of ether oxygens (including phenoxy) is 2. The van der Waals surface area contributed by atoms with E-state index in [1.807, 2.05) is 0 Å². The molecule has 1 heterocycles. The Morgan fingerprint density at radius 2 is 2.14 bits per heavy atom. The predicted octanol–water partition coefficient (Wildman–Crippen LogP) is -0.546. The lowest BCUT2D eigenvalue weighted by molar-refractivity contribution is -0.384. The summed E-state index contributed by atoms with van der Waals surface area (Å²) in [6.07, 6.45) is -4.60. The molecule has 0 bridgehead atoms. The molecule has 1 aliphatic rings. The smallest absolute Gasteiger partial charge is 0.296 e. The summed E-state index contributed by atoms with van der Waals surface area (Å²) >= 11 is 0. The molecule has 2 rings (SSSR count). The number of nitro benzene ring substituents is 1. The van der Waals surface area contributed by atoms with Crippen LogP contribution in [0.5, 0.6) is 5.75 Å². The number of anilines is 1. The summed E-state index contributed by atoms with van der Waals surface area (Å²) < 4.78 is 10.1. The van der Waals surface area contributed by atoms with Gasteiger partial charge in [-0.2, -0.15) is 0 Å². The van der Waals surface area contributed by atoms with Crippen molar-refractivity contribution in [3.8, 4) is 5.75 Å². The van der Waals surface area contributed by atoms with Gasteiger partial charge in [-0.15, -0.1) is 0 Å². The molecule has 4 N–H and O–H groups in total. The van der Waals surface area contributed by atoms with Crippen LogP contribution in [0.2, 0.25) is 0 Å². The second-order valence-corrected chi connectivity index (χ2v) is 4.54. The maximum absolute atomic E-state index is 11.0. The maximum Gasteiger partial charge on any atom is 0.296 e. The second kappa shape index (κ2) is 6.22. The highest BCUT2D eigenvalue weighted by Gasteiger charge is 2.42. The van der Waals surface area contributed by atoms with Crippen LogP contribution in [0, 0.1) is 10.1 Å². The lowest BCUT2D eigenvalue weighted by Gasteiger charge is -2.17. The van der Waals surface area contributed by atoms with Crippen molar-refractivity contribution < 1.29 is 29.7 Å². The van der Waals surface area contributed by atoms with Crippen LogP contribution in [0.3, 0.4) is 0 Å². The molecule has 21 heavy (non-hydrogen) atoms. The Morgan fingerprint density at radius 3 is 2.67 bits per heavy atom. The molecule has 1 aliphatic heterocycles. The normalized spacial score (nSPS) is 28.4. The molecular formula is C12H16N2O7. The Morgan fingerprint density at radius 1 is 1.43 bits per heavy atom. The van der Waals surface area contributed by atoms with Crippen molar-refractivity contribution in [2.45, 2.75) is 24.5 Å². The zero-order valence-electron chi connectivity index (χ0n) is 11.2. The molecule has 1 aromatic carbocycles. The van der Waals surface area contributed by atoms with E-state index in [9.17, 15) is 20.3 Å². The van der Waals surface area contributed by atoms with Gasteiger partial charge in [0.25, 0.3) is 5.69 Å². The van der Waals surface area contributed by atoms with Crippen molar-refractivity contribution in [1.29, 1.82) is 0 Å². The highest BCUT2D eigenvalue weighted by Crippen LogP contribution is 2.31. The summed E-state index contributed by atoms with van der Waals surface area (Å²) in [5, 5.41) is 42.1. The quantitative estimate of drug-likeness (QED) is 0.420. The zero-order chi connectivity index (χ0) is 15.6. The van der Waals surface area contributed by atoms with Gasteiger partial charge in [0.1, 0.15) is 29.7 Å². The van der Waals surface area contributed by atoms with E-state index in [0.717, 1.165) is 0 Å². The molecule has 0 unspecified atom stereocenters. The number of nitro groups is 1. The minimum atomic E-state index is -1.32. The van der Waals surface area contributed by atoms with Crippen molar-refractivity contribution in [3.63, 3.8) is 0 Å². The molecule has 116 valence electrons. The molecule has 1 saturated heterocycles. The molecule has 0 aliphatic carbocycles. The molecule has 4 atom stereocenters. The van der Waals surface area contributed by atoms with Gasteiger partial charge in [-0.3, -0.25) is 10.1 Å². The van der Waals surface area contributed by atoms with Crippen molar-refractivity contribution in [3.05, 3.63) is 28.3 Å². The molecule has 1 aromatic rings. The molecule has 0 spiro atoms. The zero-order valence-corrected chi connectivity index (χ0v) is 11.2. The number of benzene rings is 1. The predicted molar refractivity (Wildman–Crippen MR) is 71.0 cm³/mol. The summed E-state index contributed by atoms with van der Waals surface area (Å²) in [5.74, 6) is 0.313. The van der Waals surface area contributed by atoms with Crippen LogP contribution >= 0.6 is 0 Å². The fourth-order valence-corrected chi connectivity index (χ4v) is 2.08. The first-order valence-electron chi connectivity index (χ1n) is 6.19. The van der Waals surface area contributed by atoms with Gasteiger partial charge in [-0.25, -0.2) is 0 Å². The fraction of sp³-hybridized carbons (Fsp3) is 0.500. The van der Waals surface area contributed by atoms with E-state index in [0.29, 0.717) is 5.75 Å². The number of hydrogen-bond acceptors (Lipinski definition) is 8. The lowest BCUT2D eigenvalue weighted by atomic mass is 10.1. The number of hydrogen-bond donors (Lipinski definition) is 4. The summed E-state index contributed by atoms with van der Waals surface area (Å²) in [5.41, 5.74) is -0.150. The van der Waals surface area contributed by atoms with Gasteiger partial charge in [0.2, 0.25) is 0 Å². The minimum absolute atomic E-state index is 0.107. The van der Waals surface area contributed by atoms with Crippen molar-refractivity contribution in [2.75, 3.05) is 19.0 Å². The Hall–Kier alpha value is -1.94. The molecule has 9 nitrogen and oxygen atoms in total. The Kier molecular flexibility index (Phi) is 4.58. The summed E-state index contributed by atoms with van der Waals surface area (Å²) in [6.45, 7) is -0.471. The van der Waals surface area contributed by atoms with Gasteiger partial charge in [-0.05, 0) is 12.1 Å². The number of aliphatic hydroxyl groups is 3. The Balaban J connectivity index is 2.22. The van der Waals surface area contributed by atoms with Crippen LogP contribution < -0.4 is 10.1 Å². The van der Waals surface area contributed by atoms with Crippen molar-refractivity contribution in [1.82, 2.24) is 0 Å². The van der Waals surface area contributed by atoms with E-state index >= 15 is 0 Å². The molecule has 0 radical (unpaired) electrons. The minimum Gasteiger partial charge on any atom is -0.496 e. The summed E-state index contributed by atoms with van der Waals surface area (Å²) in [4.78, 5) is 10.4. The van der Waals surface area contributed by atoms with Crippen LogP contribution in [0.4, 0.5) is 11.4 Å². The first-order valence-corrected chi connectivity index (χ1v) is 6.19. The van der Waals surface area contributed by atoms with Gasteiger partial charge in [-0.1, -0.05) is 0 Å². The number of methoxy groups -OCH3 is 1. The number of nitrogens with one attached hydrogen (secondary N) is 1. The first-order chi connectivity index (χ1) is 9.97. The number of nitrogens with zero attached hydrogens (tertiary/aromatic N) is 1.